The van der Waals surface area contributed by atoms with Gasteiger partial charge in [-0.1, -0.05) is 48.8 Å². The van der Waals surface area contributed by atoms with E-state index in [-0.39, 0.29) is 12.5 Å². The van der Waals surface area contributed by atoms with Crippen molar-refractivity contribution in [3.05, 3.63) is 69.9 Å². The standard InChI is InChI=1S/C20H21Cl2N3OS/c1-13(2)19-20(27-17-10-15(21)9-16(22)11-17)25(18(12-26)24-19)8-5-14-3-6-23-7-4-14/h3-4,6-7,9-11,13,26H,5,8,12H2,1-2H3. The Bertz CT molecular complexity index is 893. The molecular formula is C20H21Cl2N3OS. The largest absolute Gasteiger partial charge is 0.388 e. The molecule has 0 amide bonds. The highest BCUT2D eigenvalue weighted by Gasteiger charge is 2.20. The summed E-state index contributed by atoms with van der Waals surface area (Å²) in [6.07, 6.45) is 4.41. The van der Waals surface area contributed by atoms with Gasteiger partial charge >= 0.3 is 0 Å². The molecule has 0 bridgehead atoms. The minimum absolute atomic E-state index is 0.104. The van der Waals surface area contributed by atoms with Crippen LogP contribution in [0.3, 0.4) is 0 Å². The van der Waals surface area contributed by atoms with E-state index in [1.54, 1.807) is 30.2 Å². The van der Waals surface area contributed by atoms with Crippen LogP contribution in [-0.2, 0) is 19.6 Å². The molecular weight excluding hydrogens is 401 g/mol. The van der Waals surface area contributed by atoms with E-state index in [0.717, 1.165) is 28.6 Å². The monoisotopic (exact) mass is 421 g/mol. The van der Waals surface area contributed by atoms with Crippen molar-refractivity contribution in [2.45, 2.75) is 49.3 Å². The zero-order valence-electron chi connectivity index (χ0n) is 15.2. The van der Waals surface area contributed by atoms with Gasteiger partial charge in [-0.25, -0.2) is 4.98 Å². The SMILES string of the molecule is CC(C)c1nc(CO)n(CCc2ccncc2)c1Sc1cc(Cl)cc(Cl)c1. The predicted molar refractivity (Wildman–Crippen MR) is 111 cm³/mol. The lowest BCUT2D eigenvalue weighted by Gasteiger charge is -2.13. The number of rotatable bonds is 7. The fourth-order valence-corrected chi connectivity index (χ4v) is 4.77. The van der Waals surface area contributed by atoms with Gasteiger partial charge in [0.05, 0.1) is 5.69 Å². The summed E-state index contributed by atoms with van der Waals surface area (Å²) >= 11 is 13.9. The van der Waals surface area contributed by atoms with Crippen LogP contribution in [0.15, 0.2) is 52.6 Å². The zero-order chi connectivity index (χ0) is 19.4. The van der Waals surface area contributed by atoms with Crippen LogP contribution >= 0.6 is 35.0 Å². The van der Waals surface area contributed by atoms with Crippen LogP contribution in [0.1, 0.15) is 36.8 Å². The van der Waals surface area contributed by atoms with Crippen LogP contribution in [0.25, 0.3) is 0 Å². The van der Waals surface area contributed by atoms with Crippen molar-refractivity contribution in [2.24, 2.45) is 0 Å². The molecule has 0 aliphatic heterocycles. The van der Waals surface area contributed by atoms with Crippen LogP contribution in [-0.4, -0.2) is 19.6 Å². The van der Waals surface area contributed by atoms with Crippen molar-refractivity contribution in [3.8, 4) is 0 Å². The first-order valence-corrected chi connectivity index (χ1v) is 10.3. The van der Waals surface area contributed by atoms with Gasteiger partial charge in [0.15, 0.2) is 0 Å². The van der Waals surface area contributed by atoms with E-state index < -0.39 is 0 Å². The number of halogens is 2. The third kappa shape index (κ3) is 5.05. The number of aromatic nitrogens is 3. The molecule has 0 unspecified atom stereocenters. The summed E-state index contributed by atoms with van der Waals surface area (Å²) in [5.41, 5.74) is 2.16. The molecule has 4 nitrogen and oxygen atoms in total. The normalized spacial score (nSPS) is 11.3. The number of imidazole rings is 1. The van der Waals surface area contributed by atoms with E-state index in [1.807, 2.05) is 24.3 Å². The summed E-state index contributed by atoms with van der Waals surface area (Å²) in [4.78, 5) is 9.71. The maximum absolute atomic E-state index is 9.84. The average Bonchev–Trinajstić information content (AvgIpc) is 2.97. The fraction of sp³-hybridized carbons (Fsp3) is 0.300. The van der Waals surface area contributed by atoms with Gasteiger partial charge in [0, 0.05) is 33.9 Å². The molecule has 0 spiro atoms. The third-order valence-corrected chi connectivity index (χ3v) is 5.67. The Kier molecular flexibility index (Phi) is 6.82. The lowest BCUT2D eigenvalue weighted by molar-refractivity contribution is 0.263. The van der Waals surface area contributed by atoms with Crippen molar-refractivity contribution < 1.29 is 5.11 Å². The van der Waals surface area contributed by atoms with E-state index in [4.69, 9.17) is 28.2 Å². The van der Waals surface area contributed by atoms with Crippen LogP contribution in [0.2, 0.25) is 10.0 Å². The van der Waals surface area contributed by atoms with Crippen molar-refractivity contribution in [2.75, 3.05) is 0 Å². The maximum Gasteiger partial charge on any atom is 0.135 e. The topological polar surface area (TPSA) is 50.9 Å². The van der Waals surface area contributed by atoms with Crippen molar-refractivity contribution in [1.29, 1.82) is 0 Å². The fourth-order valence-electron chi connectivity index (χ4n) is 2.83. The summed E-state index contributed by atoms with van der Waals surface area (Å²) in [5.74, 6) is 0.901. The molecule has 7 heteroatoms. The number of aliphatic hydroxyl groups excluding tert-OH is 1. The Hall–Kier alpha value is -1.53. The molecule has 0 aliphatic rings. The molecule has 0 fully saturated rings. The average molecular weight is 422 g/mol. The number of nitrogens with zero attached hydrogens (tertiary/aromatic N) is 3. The van der Waals surface area contributed by atoms with Gasteiger partial charge in [-0.05, 0) is 48.2 Å². The molecule has 1 N–H and O–H groups in total. The number of hydrogen-bond donors (Lipinski definition) is 1. The number of aliphatic hydroxyl groups is 1. The number of pyridine rings is 1. The molecule has 3 aromatic rings. The first-order chi connectivity index (χ1) is 13.0. The van der Waals surface area contributed by atoms with E-state index in [0.29, 0.717) is 15.9 Å². The highest BCUT2D eigenvalue weighted by Crippen LogP contribution is 2.37. The summed E-state index contributed by atoms with van der Waals surface area (Å²) in [6.45, 7) is 4.82. The van der Waals surface area contributed by atoms with Crippen LogP contribution in [0.5, 0.6) is 0 Å². The number of aryl methyl sites for hydroxylation is 1. The Morgan fingerprint density at radius 2 is 1.78 bits per heavy atom. The first-order valence-electron chi connectivity index (χ1n) is 8.71. The molecule has 142 valence electrons. The molecule has 1 aromatic carbocycles. The number of benzene rings is 1. The summed E-state index contributed by atoms with van der Waals surface area (Å²) in [7, 11) is 0. The molecule has 2 heterocycles. The van der Waals surface area contributed by atoms with E-state index >= 15 is 0 Å². The minimum Gasteiger partial charge on any atom is -0.388 e. The number of hydrogen-bond acceptors (Lipinski definition) is 4. The second-order valence-corrected chi connectivity index (χ2v) is 8.43. The lowest BCUT2D eigenvalue weighted by Crippen LogP contribution is -2.08. The Morgan fingerprint density at radius 3 is 2.37 bits per heavy atom. The van der Waals surface area contributed by atoms with Gasteiger partial charge in [-0.2, -0.15) is 0 Å². The van der Waals surface area contributed by atoms with Crippen molar-refractivity contribution in [3.63, 3.8) is 0 Å². The van der Waals surface area contributed by atoms with Gasteiger partial charge in [-0.15, -0.1) is 0 Å². The van der Waals surface area contributed by atoms with Gasteiger partial charge in [0.1, 0.15) is 17.5 Å². The highest BCUT2D eigenvalue weighted by molar-refractivity contribution is 7.99. The second-order valence-electron chi connectivity index (χ2n) is 6.50. The van der Waals surface area contributed by atoms with Crippen LogP contribution in [0, 0.1) is 0 Å². The molecule has 2 aromatic heterocycles. The second kappa shape index (κ2) is 9.11. The molecule has 0 aliphatic carbocycles. The quantitative estimate of drug-likeness (QED) is 0.539. The highest BCUT2D eigenvalue weighted by atomic mass is 35.5. The minimum atomic E-state index is -0.104. The van der Waals surface area contributed by atoms with Crippen LogP contribution < -0.4 is 0 Å². The smallest absolute Gasteiger partial charge is 0.135 e. The molecule has 27 heavy (non-hydrogen) atoms. The Labute approximate surface area is 173 Å². The Morgan fingerprint density at radius 1 is 1.11 bits per heavy atom. The maximum atomic E-state index is 9.84. The van der Waals surface area contributed by atoms with Crippen molar-refractivity contribution in [1.82, 2.24) is 14.5 Å². The summed E-state index contributed by atoms with van der Waals surface area (Å²) in [5, 5.41) is 12.1. The molecule has 0 radical (unpaired) electrons. The zero-order valence-corrected chi connectivity index (χ0v) is 17.5. The third-order valence-electron chi connectivity index (χ3n) is 4.14. The Balaban J connectivity index is 1.97. The van der Waals surface area contributed by atoms with Gasteiger partial charge in [0.25, 0.3) is 0 Å². The van der Waals surface area contributed by atoms with Gasteiger partial charge in [-0.3, -0.25) is 4.98 Å². The van der Waals surface area contributed by atoms with Gasteiger partial charge in [0.2, 0.25) is 0 Å². The molecule has 3 rings (SSSR count). The van der Waals surface area contributed by atoms with Gasteiger partial charge < -0.3 is 9.67 Å². The predicted octanol–water partition coefficient (Wildman–Crippen LogP) is 5.59. The van der Waals surface area contributed by atoms with E-state index in [1.165, 1.54) is 5.56 Å². The lowest BCUT2D eigenvalue weighted by atomic mass is 10.1. The summed E-state index contributed by atoms with van der Waals surface area (Å²) < 4.78 is 2.09. The van der Waals surface area contributed by atoms with Crippen LogP contribution in [0.4, 0.5) is 0 Å². The van der Waals surface area contributed by atoms with E-state index in [9.17, 15) is 5.11 Å². The first kappa shape index (κ1) is 20.2. The summed E-state index contributed by atoms with van der Waals surface area (Å²) in [6, 6.07) is 9.50. The molecule has 0 atom stereocenters. The molecule has 0 saturated carbocycles. The van der Waals surface area contributed by atoms with Crippen molar-refractivity contribution >= 4 is 35.0 Å². The molecule has 0 saturated heterocycles. The van der Waals surface area contributed by atoms with E-state index in [2.05, 4.69) is 23.4 Å².